The van der Waals surface area contributed by atoms with Crippen LogP contribution in [0.15, 0.2) is 41.7 Å². The maximum absolute atomic E-state index is 11.3. The average Bonchev–Trinajstić information content (AvgIpc) is 2.94. The fourth-order valence-electron chi connectivity index (χ4n) is 2.66. The number of fused-ring (bicyclic) bond motifs is 2. The summed E-state index contributed by atoms with van der Waals surface area (Å²) in [5.41, 5.74) is 3.03. The summed E-state index contributed by atoms with van der Waals surface area (Å²) in [6.07, 6.45) is 1.79. The lowest BCUT2D eigenvalue weighted by Crippen LogP contribution is -2.15. The predicted octanol–water partition coefficient (Wildman–Crippen LogP) is 3.48. The van der Waals surface area contributed by atoms with Gasteiger partial charge in [-0.1, -0.05) is 6.07 Å². The summed E-state index contributed by atoms with van der Waals surface area (Å²) < 4.78 is 12.8. The fourth-order valence-corrected chi connectivity index (χ4v) is 2.66. The molecular formula is C16H13N3O3. The zero-order chi connectivity index (χ0) is 15.1. The molecule has 0 amide bonds. The van der Waals surface area contributed by atoms with E-state index in [2.05, 4.69) is 10.2 Å². The smallest absolute Gasteiger partial charge is 0.209 e. The van der Waals surface area contributed by atoms with Gasteiger partial charge in [0.1, 0.15) is 24.6 Å². The molecule has 6 nitrogen and oxygen atoms in total. The van der Waals surface area contributed by atoms with Gasteiger partial charge in [0, 0.05) is 11.8 Å². The summed E-state index contributed by atoms with van der Waals surface area (Å²) in [6, 6.07) is 9.34. The van der Waals surface area contributed by atoms with Crippen LogP contribution in [0, 0.1) is 11.8 Å². The van der Waals surface area contributed by atoms with Crippen molar-refractivity contribution in [3.05, 3.63) is 47.0 Å². The quantitative estimate of drug-likeness (QED) is 0.679. The molecule has 0 radical (unpaired) electrons. The van der Waals surface area contributed by atoms with Crippen molar-refractivity contribution in [2.75, 3.05) is 13.2 Å². The Hall–Kier alpha value is -2.89. The SMILES string of the molecule is Cc1cccn2c(N=O)c(-c3ccc4c(c3)OCCO4)nc12. The molecule has 0 aliphatic carbocycles. The molecule has 0 saturated carbocycles. The number of rotatable bonds is 2. The standard InChI is InChI=1S/C16H13N3O3/c1-10-3-2-6-19-15(10)17-14(16(19)18-20)11-4-5-12-13(9-11)22-8-7-21-12/h2-6,9H,7-8H2,1H3. The van der Waals surface area contributed by atoms with Crippen molar-refractivity contribution in [3.8, 4) is 22.8 Å². The van der Waals surface area contributed by atoms with Crippen molar-refractivity contribution in [2.24, 2.45) is 5.18 Å². The van der Waals surface area contributed by atoms with E-state index < -0.39 is 0 Å². The molecule has 0 fully saturated rings. The Kier molecular flexibility index (Phi) is 2.82. The first kappa shape index (κ1) is 12.8. The van der Waals surface area contributed by atoms with Crippen molar-refractivity contribution in [2.45, 2.75) is 6.92 Å². The molecule has 0 N–H and O–H groups in total. The van der Waals surface area contributed by atoms with Gasteiger partial charge in [0.25, 0.3) is 0 Å². The van der Waals surface area contributed by atoms with Crippen molar-refractivity contribution in [1.82, 2.24) is 9.38 Å². The molecule has 3 heterocycles. The van der Waals surface area contributed by atoms with Crippen LogP contribution in [0.2, 0.25) is 0 Å². The largest absolute Gasteiger partial charge is 0.486 e. The number of nitroso groups, excluding NO2 is 1. The summed E-state index contributed by atoms with van der Waals surface area (Å²) in [5, 5.41) is 3.17. The Balaban J connectivity index is 1.94. The van der Waals surface area contributed by atoms with Crippen LogP contribution in [0.1, 0.15) is 5.56 Å². The van der Waals surface area contributed by atoms with Gasteiger partial charge >= 0.3 is 0 Å². The molecule has 0 unspecified atom stereocenters. The molecule has 0 saturated heterocycles. The van der Waals surface area contributed by atoms with Crippen LogP contribution >= 0.6 is 0 Å². The summed E-state index contributed by atoms with van der Waals surface area (Å²) >= 11 is 0. The lowest BCUT2D eigenvalue weighted by molar-refractivity contribution is 0.171. The van der Waals surface area contributed by atoms with Gasteiger partial charge in [0.05, 0.1) is 0 Å². The number of imidazole rings is 1. The molecule has 0 spiro atoms. The van der Waals surface area contributed by atoms with Crippen LogP contribution in [-0.4, -0.2) is 22.6 Å². The van der Waals surface area contributed by atoms with E-state index in [0.29, 0.717) is 30.4 Å². The van der Waals surface area contributed by atoms with E-state index in [-0.39, 0.29) is 5.82 Å². The number of aryl methyl sites for hydroxylation is 1. The fraction of sp³-hybridized carbons (Fsp3) is 0.188. The number of nitrogens with zero attached hydrogens (tertiary/aromatic N) is 3. The molecule has 3 aromatic rings. The van der Waals surface area contributed by atoms with Gasteiger partial charge in [-0.05, 0) is 41.9 Å². The summed E-state index contributed by atoms with van der Waals surface area (Å²) in [4.78, 5) is 15.9. The first-order valence-corrected chi connectivity index (χ1v) is 6.99. The maximum Gasteiger partial charge on any atom is 0.209 e. The third-order valence-corrected chi connectivity index (χ3v) is 3.72. The van der Waals surface area contributed by atoms with E-state index >= 15 is 0 Å². The highest BCUT2D eigenvalue weighted by Crippen LogP contribution is 2.38. The highest BCUT2D eigenvalue weighted by molar-refractivity contribution is 5.77. The Morgan fingerprint density at radius 3 is 2.82 bits per heavy atom. The van der Waals surface area contributed by atoms with Crippen LogP contribution < -0.4 is 9.47 Å². The van der Waals surface area contributed by atoms with E-state index in [4.69, 9.17) is 9.47 Å². The van der Waals surface area contributed by atoms with Crippen LogP contribution in [0.4, 0.5) is 5.82 Å². The molecule has 110 valence electrons. The number of hydrogen-bond donors (Lipinski definition) is 0. The molecule has 2 aromatic heterocycles. The first-order valence-electron chi connectivity index (χ1n) is 6.99. The summed E-state index contributed by atoms with van der Waals surface area (Å²) in [7, 11) is 0. The molecule has 1 aromatic carbocycles. The molecule has 22 heavy (non-hydrogen) atoms. The Morgan fingerprint density at radius 2 is 2.00 bits per heavy atom. The van der Waals surface area contributed by atoms with Crippen molar-refractivity contribution in [1.29, 1.82) is 0 Å². The third-order valence-electron chi connectivity index (χ3n) is 3.72. The van der Waals surface area contributed by atoms with E-state index in [1.54, 1.807) is 10.6 Å². The second-order valence-corrected chi connectivity index (χ2v) is 5.12. The highest BCUT2D eigenvalue weighted by Gasteiger charge is 2.19. The molecule has 4 rings (SSSR count). The number of ether oxygens (including phenoxy) is 2. The minimum absolute atomic E-state index is 0.287. The van der Waals surface area contributed by atoms with E-state index in [1.807, 2.05) is 37.3 Å². The minimum Gasteiger partial charge on any atom is -0.486 e. The molecule has 0 atom stereocenters. The second-order valence-electron chi connectivity index (χ2n) is 5.12. The lowest BCUT2D eigenvalue weighted by atomic mass is 10.1. The van der Waals surface area contributed by atoms with E-state index in [0.717, 1.165) is 16.8 Å². The Bertz CT molecular complexity index is 886. The maximum atomic E-state index is 11.3. The van der Waals surface area contributed by atoms with Gasteiger partial charge in [-0.15, -0.1) is 4.91 Å². The minimum atomic E-state index is 0.287. The number of hydrogen-bond acceptors (Lipinski definition) is 5. The third kappa shape index (κ3) is 1.84. The molecular weight excluding hydrogens is 282 g/mol. The van der Waals surface area contributed by atoms with Crippen LogP contribution in [0.25, 0.3) is 16.9 Å². The number of benzene rings is 1. The van der Waals surface area contributed by atoms with Gasteiger partial charge in [-0.3, -0.25) is 4.40 Å². The molecule has 6 heteroatoms. The predicted molar refractivity (Wildman–Crippen MR) is 81.8 cm³/mol. The lowest BCUT2D eigenvalue weighted by Gasteiger charge is -2.18. The van der Waals surface area contributed by atoms with Gasteiger partial charge in [-0.25, -0.2) is 4.98 Å². The summed E-state index contributed by atoms with van der Waals surface area (Å²) in [5.74, 6) is 1.65. The highest BCUT2D eigenvalue weighted by atomic mass is 16.6. The molecule has 0 bridgehead atoms. The zero-order valence-corrected chi connectivity index (χ0v) is 11.9. The van der Waals surface area contributed by atoms with Gasteiger partial charge < -0.3 is 9.47 Å². The Morgan fingerprint density at radius 1 is 1.18 bits per heavy atom. The van der Waals surface area contributed by atoms with Crippen molar-refractivity contribution in [3.63, 3.8) is 0 Å². The number of pyridine rings is 1. The van der Waals surface area contributed by atoms with Gasteiger partial charge in [0.15, 0.2) is 11.5 Å². The summed E-state index contributed by atoms with van der Waals surface area (Å²) in [6.45, 7) is 3.01. The molecule has 1 aliphatic rings. The normalized spacial score (nSPS) is 13.3. The zero-order valence-electron chi connectivity index (χ0n) is 11.9. The monoisotopic (exact) mass is 295 g/mol. The van der Waals surface area contributed by atoms with Gasteiger partial charge in [0.2, 0.25) is 5.82 Å². The number of aromatic nitrogens is 2. The first-order chi connectivity index (χ1) is 10.8. The Labute approximate surface area is 126 Å². The average molecular weight is 295 g/mol. The van der Waals surface area contributed by atoms with E-state index in [1.165, 1.54) is 0 Å². The van der Waals surface area contributed by atoms with Crippen LogP contribution in [-0.2, 0) is 0 Å². The van der Waals surface area contributed by atoms with Crippen molar-refractivity contribution < 1.29 is 9.47 Å². The topological polar surface area (TPSA) is 65.2 Å². The van der Waals surface area contributed by atoms with Gasteiger partial charge in [-0.2, -0.15) is 0 Å². The van der Waals surface area contributed by atoms with Crippen LogP contribution in [0.5, 0.6) is 11.5 Å². The second kappa shape index (κ2) is 4.84. The van der Waals surface area contributed by atoms with Crippen molar-refractivity contribution >= 4 is 11.5 Å². The molecule has 1 aliphatic heterocycles. The van der Waals surface area contributed by atoms with Crippen LogP contribution in [0.3, 0.4) is 0 Å². The van der Waals surface area contributed by atoms with E-state index in [9.17, 15) is 4.91 Å².